The average Bonchev–Trinajstić information content (AvgIpc) is 2.62. The Labute approximate surface area is 169 Å². The van der Waals surface area contributed by atoms with Crippen molar-refractivity contribution in [3.05, 3.63) is 48.0 Å². The van der Waals surface area contributed by atoms with Gasteiger partial charge >= 0.3 is 0 Å². The maximum atomic E-state index is 12.3. The minimum absolute atomic E-state index is 0.125. The smallest absolute Gasteiger partial charge is 0.242 e. The summed E-state index contributed by atoms with van der Waals surface area (Å²) in [6.07, 6.45) is 0. The summed E-state index contributed by atoms with van der Waals surface area (Å²) in [6, 6.07) is 11.8. The Balaban J connectivity index is 2.02. The number of sulfonamides is 1. The van der Waals surface area contributed by atoms with Gasteiger partial charge in [0.25, 0.3) is 0 Å². The quantitative estimate of drug-likeness (QED) is 0.670. The van der Waals surface area contributed by atoms with E-state index in [9.17, 15) is 18.0 Å². The molecule has 9 heteroatoms. The van der Waals surface area contributed by atoms with Gasteiger partial charge in [-0.15, -0.1) is 11.8 Å². The highest BCUT2D eigenvalue weighted by Gasteiger charge is 2.18. The summed E-state index contributed by atoms with van der Waals surface area (Å²) in [5.74, 6) is -0.212. The van der Waals surface area contributed by atoms with Crippen LogP contribution in [0.25, 0.3) is 0 Å². The molecule has 0 aliphatic rings. The number of aryl methyl sites for hydroxylation is 1. The SMILES string of the molecule is CC(=O)Nc1ccc(SCC(=O)Nc2cc(S(=O)(=O)N(C)C)ccc2C)cc1. The van der Waals surface area contributed by atoms with Crippen LogP contribution in [-0.2, 0) is 19.6 Å². The number of carbonyl (C=O) groups is 2. The monoisotopic (exact) mass is 421 g/mol. The third kappa shape index (κ3) is 5.82. The molecule has 7 nitrogen and oxygen atoms in total. The standard InChI is InChI=1S/C19H23N3O4S2/c1-13-5-10-17(28(25,26)22(3)4)11-18(13)21-19(24)12-27-16-8-6-15(7-9-16)20-14(2)23/h5-11H,12H2,1-4H3,(H,20,23)(H,21,24). The number of rotatable bonds is 7. The Kier molecular flexibility index (Phi) is 7.22. The van der Waals surface area contributed by atoms with E-state index >= 15 is 0 Å². The van der Waals surface area contributed by atoms with Crippen molar-refractivity contribution in [1.29, 1.82) is 0 Å². The molecule has 0 atom stereocenters. The minimum atomic E-state index is -3.57. The topological polar surface area (TPSA) is 95.6 Å². The molecule has 0 spiro atoms. The van der Waals surface area contributed by atoms with Gasteiger partial charge in [-0.3, -0.25) is 9.59 Å². The molecule has 0 aliphatic heterocycles. The van der Waals surface area contributed by atoms with Crippen molar-refractivity contribution >= 4 is 45.0 Å². The normalized spacial score (nSPS) is 11.3. The lowest BCUT2D eigenvalue weighted by Crippen LogP contribution is -2.22. The average molecular weight is 422 g/mol. The summed E-state index contributed by atoms with van der Waals surface area (Å²) in [7, 11) is -0.654. The second-order valence-corrected chi connectivity index (χ2v) is 9.51. The van der Waals surface area contributed by atoms with Crippen LogP contribution in [-0.4, -0.2) is 44.4 Å². The summed E-state index contributed by atoms with van der Waals surface area (Å²) in [6.45, 7) is 3.24. The Morgan fingerprint density at radius 1 is 1.04 bits per heavy atom. The highest BCUT2D eigenvalue weighted by atomic mass is 32.2. The molecule has 0 aliphatic carbocycles. The number of nitrogens with one attached hydrogen (secondary N) is 2. The first kappa shape index (κ1) is 21.9. The van der Waals surface area contributed by atoms with Gasteiger partial charge in [0.05, 0.1) is 10.6 Å². The maximum Gasteiger partial charge on any atom is 0.242 e. The largest absolute Gasteiger partial charge is 0.326 e. The lowest BCUT2D eigenvalue weighted by Gasteiger charge is -2.14. The van der Waals surface area contributed by atoms with Gasteiger partial charge < -0.3 is 10.6 Å². The van der Waals surface area contributed by atoms with E-state index in [-0.39, 0.29) is 22.5 Å². The zero-order valence-electron chi connectivity index (χ0n) is 16.1. The summed E-state index contributed by atoms with van der Waals surface area (Å²) >= 11 is 1.34. The molecule has 2 amide bonds. The second-order valence-electron chi connectivity index (χ2n) is 6.31. The van der Waals surface area contributed by atoms with Gasteiger partial charge in [0.2, 0.25) is 21.8 Å². The highest BCUT2D eigenvalue weighted by molar-refractivity contribution is 8.00. The van der Waals surface area contributed by atoms with Crippen molar-refractivity contribution in [2.45, 2.75) is 23.6 Å². The third-order valence-corrected chi connectivity index (χ3v) is 6.63. The lowest BCUT2D eigenvalue weighted by atomic mass is 10.2. The van der Waals surface area contributed by atoms with Crippen molar-refractivity contribution < 1.29 is 18.0 Å². The Bertz CT molecular complexity index is 971. The number of anilines is 2. The number of hydrogen-bond donors (Lipinski definition) is 2. The van der Waals surface area contributed by atoms with Gasteiger partial charge in [0.15, 0.2) is 0 Å². The van der Waals surface area contributed by atoms with E-state index in [0.717, 1.165) is 14.8 Å². The summed E-state index contributed by atoms with van der Waals surface area (Å²) < 4.78 is 25.7. The van der Waals surface area contributed by atoms with Crippen molar-refractivity contribution in [3.63, 3.8) is 0 Å². The Morgan fingerprint density at radius 3 is 2.25 bits per heavy atom. The number of amides is 2. The molecule has 0 saturated heterocycles. The number of carbonyl (C=O) groups excluding carboxylic acids is 2. The number of benzene rings is 2. The highest BCUT2D eigenvalue weighted by Crippen LogP contribution is 2.24. The van der Waals surface area contributed by atoms with E-state index < -0.39 is 10.0 Å². The van der Waals surface area contributed by atoms with E-state index in [4.69, 9.17) is 0 Å². The molecule has 0 bridgehead atoms. The van der Waals surface area contributed by atoms with Gasteiger partial charge in [-0.25, -0.2) is 12.7 Å². The predicted octanol–water partition coefficient (Wildman–Crippen LogP) is 2.93. The van der Waals surface area contributed by atoms with E-state index in [1.807, 2.05) is 12.1 Å². The molecule has 28 heavy (non-hydrogen) atoms. The van der Waals surface area contributed by atoms with E-state index in [2.05, 4.69) is 10.6 Å². The molecule has 2 rings (SSSR count). The van der Waals surface area contributed by atoms with Crippen LogP contribution in [0.15, 0.2) is 52.3 Å². The van der Waals surface area contributed by atoms with E-state index in [1.54, 1.807) is 25.1 Å². The van der Waals surface area contributed by atoms with Crippen LogP contribution in [0.5, 0.6) is 0 Å². The molecular formula is C19H23N3O4S2. The van der Waals surface area contributed by atoms with Crippen molar-refractivity contribution in [2.24, 2.45) is 0 Å². The first-order chi connectivity index (χ1) is 13.1. The van der Waals surface area contributed by atoms with Crippen LogP contribution in [0.1, 0.15) is 12.5 Å². The second kappa shape index (κ2) is 9.22. The fourth-order valence-corrected chi connectivity index (χ4v) is 3.91. The third-order valence-electron chi connectivity index (χ3n) is 3.81. The summed E-state index contributed by atoms with van der Waals surface area (Å²) in [5.41, 5.74) is 1.93. The van der Waals surface area contributed by atoms with Crippen LogP contribution >= 0.6 is 11.8 Å². The van der Waals surface area contributed by atoms with Crippen LogP contribution < -0.4 is 10.6 Å². The van der Waals surface area contributed by atoms with Crippen LogP contribution in [0, 0.1) is 6.92 Å². The Hall–Kier alpha value is -2.36. The zero-order valence-corrected chi connectivity index (χ0v) is 17.8. The Morgan fingerprint density at radius 2 is 1.68 bits per heavy atom. The molecule has 150 valence electrons. The van der Waals surface area contributed by atoms with E-state index in [0.29, 0.717) is 11.4 Å². The molecule has 0 heterocycles. The first-order valence-electron chi connectivity index (χ1n) is 8.43. The molecule has 0 fully saturated rings. The molecule has 0 radical (unpaired) electrons. The van der Waals surface area contributed by atoms with Gasteiger partial charge in [-0.1, -0.05) is 6.07 Å². The lowest BCUT2D eigenvalue weighted by molar-refractivity contribution is -0.114. The van der Waals surface area contributed by atoms with Crippen LogP contribution in [0.3, 0.4) is 0 Å². The van der Waals surface area contributed by atoms with Gasteiger partial charge in [0.1, 0.15) is 0 Å². The summed E-state index contributed by atoms with van der Waals surface area (Å²) in [5, 5.41) is 5.45. The maximum absolute atomic E-state index is 12.3. The minimum Gasteiger partial charge on any atom is -0.326 e. The van der Waals surface area contributed by atoms with Crippen LogP contribution in [0.4, 0.5) is 11.4 Å². The van der Waals surface area contributed by atoms with Crippen molar-refractivity contribution in [3.8, 4) is 0 Å². The van der Waals surface area contributed by atoms with E-state index in [1.165, 1.54) is 44.9 Å². The van der Waals surface area contributed by atoms with Crippen molar-refractivity contribution in [1.82, 2.24) is 4.31 Å². The van der Waals surface area contributed by atoms with Gasteiger partial charge in [-0.05, 0) is 48.9 Å². The number of hydrogen-bond acceptors (Lipinski definition) is 5. The first-order valence-corrected chi connectivity index (χ1v) is 10.9. The molecule has 0 saturated carbocycles. The molecular weight excluding hydrogens is 398 g/mol. The molecule has 0 unspecified atom stereocenters. The van der Waals surface area contributed by atoms with Crippen LogP contribution in [0.2, 0.25) is 0 Å². The fraction of sp³-hybridized carbons (Fsp3) is 0.263. The number of thioether (sulfide) groups is 1. The fourth-order valence-electron chi connectivity index (χ4n) is 2.28. The zero-order chi connectivity index (χ0) is 20.9. The molecule has 0 aromatic heterocycles. The molecule has 2 aromatic rings. The van der Waals surface area contributed by atoms with Gasteiger partial charge in [0, 0.05) is 37.3 Å². The van der Waals surface area contributed by atoms with Crippen molar-refractivity contribution in [2.75, 3.05) is 30.5 Å². The predicted molar refractivity (Wildman–Crippen MR) is 112 cm³/mol. The van der Waals surface area contributed by atoms with Gasteiger partial charge in [-0.2, -0.15) is 0 Å². The molecule has 2 aromatic carbocycles. The molecule has 2 N–H and O–H groups in total. The number of nitrogens with zero attached hydrogens (tertiary/aromatic N) is 1. The summed E-state index contributed by atoms with van der Waals surface area (Å²) in [4.78, 5) is 24.3.